The summed E-state index contributed by atoms with van der Waals surface area (Å²) in [6, 6.07) is 17.5. The van der Waals surface area contributed by atoms with Crippen molar-refractivity contribution in [1.82, 2.24) is 0 Å². The van der Waals surface area contributed by atoms with E-state index in [0.717, 1.165) is 0 Å². The van der Waals surface area contributed by atoms with Gasteiger partial charge in [-0.1, -0.05) is 37.3 Å². The highest BCUT2D eigenvalue weighted by molar-refractivity contribution is 5.96. The van der Waals surface area contributed by atoms with Crippen LogP contribution < -0.4 is 10.1 Å². The molecule has 1 amide bonds. The summed E-state index contributed by atoms with van der Waals surface area (Å²) in [4.78, 5) is 24.5. The summed E-state index contributed by atoms with van der Waals surface area (Å²) in [5, 5.41) is 11.7. The van der Waals surface area contributed by atoms with Gasteiger partial charge in [0.1, 0.15) is 11.8 Å². The van der Waals surface area contributed by atoms with Gasteiger partial charge in [-0.25, -0.2) is 4.79 Å². The van der Waals surface area contributed by atoms with E-state index in [2.05, 4.69) is 5.32 Å². The van der Waals surface area contributed by atoms with Crippen LogP contribution in [-0.4, -0.2) is 24.1 Å². The number of nitrogens with one attached hydrogen (secondary N) is 1. The summed E-state index contributed by atoms with van der Waals surface area (Å²) >= 11 is 0. The van der Waals surface area contributed by atoms with Gasteiger partial charge in [-0.05, 0) is 37.6 Å². The molecule has 2 aromatic rings. The summed E-state index contributed by atoms with van der Waals surface area (Å²) < 4.78 is 10.8. The summed E-state index contributed by atoms with van der Waals surface area (Å²) in [5.41, 5.74) is 0.702. The first-order valence-electron chi connectivity index (χ1n) is 8.27. The first kappa shape index (κ1) is 19.0. The number of nitrogens with zero attached hydrogens (tertiary/aromatic N) is 1. The molecule has 0 radical (unpaired) electrons. The molecule has 0 aliphatic heterocycles. The first-order valence-corrected chi connectivity index (χ1v) is 8.27. The van der Waals surface area contributed by atoms with Gasteiger partial charge < -0.3 is 14.8 Å². The molecule has 0 fully saturated rings. The number of carbonyl (C=O) groups is 2. The number of amides is 1. The maximum atomic E-state index is 12.3. The van der Waals surface area contributed by atoms with Crippen molar-refractivity contribution in [3.8, 4) is 11.8 Å². The lowest BCUT2D eigenvalue weighted by Crippen LogP contribution is -2.36. The van der Waals surface area contributed by atoms with Gasteiger partial charge >= 0.3 is 5.97 Å². The number of rotatable bonds is 7. The molecule has 0 aliphatic rings. The Morgan fingerprint density at radius 1 is 1.12 bits per heavy atom. The van der Waals surface area contributed by atoms with Crippen molar-refractivity contribution in [3.05, 3.63) is 60.2 Å². The molecule has 0 saturated heterocycles. The quantitative estimate of drug-likeness (QED) is 0.773. The Bertz CT molecular complexity index is 799. The average Bonchev–Trinajstić information content (AvgIpc) is 2.67. The predicted octanol–water partition coefficient (Wildman–Crippen LogP) is 3.29. The Labute approximate surface area is 152 Å². The summed E-state index contributed by atoms with van der Waals surface area (Å²) in [6.07, 6.45) is -1.43. The van der Waals surface area contributed by atoms with Gasteiger partial charge in [0.2, 0.25) is 0 Å². The average molecular weight is 352 g/mol. The zero-order chi connectivity index (χ0) is 18.9. The number of hydrogen-bond donors (Lipinski definition) is 1. The van der Waals surface area contributed by atoms with Crippen LogP contribution in [0.25, 0.3) is 0 Å². The van der Waals surface area contributed by atoms with E-state index < -0.39 is 24.1 Å². The molecule has 0 heterocycles. The minimum atomic E-state index is -1.03. The Morgan fingerprint density at radius 3 is 2.42 bits per heavy atom. The zero-order valence-corrected chi connectivity index (χ0v) is 14.6. The van der Waals surface area contributed by atoms with Crippen LogP contribution in [0.1, 0.15) is 25.8 Å². The first-order chi connectivity index (χ1) is 12.5. The van der Waals surface area contributed by atoms with E-state index in [9.17, 15) is 9.59 Å². The van der Waals surface area contributed by atoms with E-state index in [1.54, 1.807) is 55.5 Å². The molecule has 1 N–H and O–H groups in total. The van der Waals surface area contributed by atoms with Crippen molar-refractivity contribution in [3.63, 3.8) is 0 Å². The number of ether oxygens (including phenoxy) is 2. The second-order valence-corrected chi connectivity index (χ2v) is 5.55. The predicted molar refractivity (Wildman–Crippen MR) is 96.5 cm³/mol. The molecule has 0 aliphatic carbocycles. The standard InChI is InChI=1S/C20H20N2O4/c1-3-18(26-16-10-5-4-6-11-16)20(24)25-14(2)19(23)22-17-12-8-7-9-15(17)13-21/h4-12,14,18H,3H2,1-2H3,(H,22,23)/t14-,18+/m1/s1. The van der Waals surface area contributed by atoms with Crippen LogP contribution >= 0.6 is 0 Å². The number of benzene rings is 2. The summed E-state index contributed by atoms with van der Waals surface area (Å²) in [5.74, 6) is -0.584. The molecule has 6 nitrogen and oxygen atoms in total. The van der Waals surface area contributed by atoms with Gasteiger partial charge in [0.25, 0.3) is 5.91 Å². The van der Waals surface area contributed by atoms with Gasteiger partial charge in [0, 0.05) is 0 Å². The van der Waals surface area contributed by atoms with Crippen LogP contribution in [0.5, 0.6) is 5.75 Å². The Balaban J connectivity index is 1.96. The number of hydrogen-bond acceptors (Lipinski definition) is 5. The Hall–Kier alpha value is -3.33. The smallest absolute Gasteiger partial charge is 0.348 e. The molecule has 0 aromatic heterocycles. The molecule has 6 heteroatoms. The van der Waals surface area contributed by atoms with E-state index in [-0.39, 0.29) is 0 Å². The number of carbonyl (C=O) groups excluding carboxylic acids is 2. The lowest BCUT2D eigenvalue weighted by molar-refractivity contribution is -0.160. The molecule has 0 unspecified atom stereocenters. The number of anilines is 1. The number of esters is 1. The Morgan fingerprint density at radius 2 is 1.77 bits per heavy atom. The summed E-state index contributed by atoms with van der Waals surface area (Å²) in [6.45, 7) is 3.26. The third kappa shape index (κ3) is 5.08. The fourth-order valence-corrected chi connectivity index (χ4v) is 2.19. The van der Waals surface area contributed by atoms with E-state index in [0.29, 0.717) is 23.4 Å². The van der Waals surface area contributed by atoms with Gasteiger partial charge in [-0.15, -0.1) is 0 Å². The van der Waals surface area contributed by atoms with Gasteiger partial charge in [-0.2, -0.15) is 5.26 Å². The van der Waals surface area contributed by atoms with E-state index in [1.165, 1.54) is 6.92 Å². The highest BCUT2D eigenvalue weighted by atomic mass is 16.6. The van der Waals surface area contributed by atoms with Gasteiger partial charge in [-0.3, -0.25) is 4.79 Å². The molecular formula is C20H20N2O4. The molecule has 0 spiro atoms. The van der Waals surface area contributed by atoms with Crippen molar-refractivity contribution < 1.29 is 19.1 Å². The molecule has 26 heavy (non-hydrogen) atoms. The van der Waals surface area contributed by atoms with E-state index in [1.807, 2.05) is 12.1 Å². The largest absolute Gasteiger partial charge is 0.479 e. The molecule has 134 valence electrons. The fourth-order valence-electron chi connectivity index (χ4n) is 2.19. The second kappa shape index (κ2) is 9.23. The highest BCUT2D eigenvalue weighted by Crippen LogP contribution is 2.16. The number of para-hydroxylation sites is 2. The van der Waals surface area contributed by atoms with Crippen LogP contribution in [0.4, 0.5) is 5.69 Å². The summed E-state index contributed by atoms with van der Waals surface area (Å²) in [7, 11) is 0. The van der Waals surface area contributed by atoms with E-state index in [4.69, 9.17) is 14.7 Å². The van der Waals surface area contributed by atoms with Crippen molar-refractivity contribution in [2.75, 3.05) is 5.32 Å². The normalized spacial score (nSPS) is 12.3. The second-order valence-electron chi connectivity index (χ2n) is 5.55. The fraction of sp³-hybridized carbons (Fsp3) is 0.250. The Kier molecular flexibility index (Phi) is 6.75. The van der Waals surface area contributed by atoms with Crippen LogP contribution in [0.2, 0.25) is 0 Å². The molecule has 2 rings (SSSR count). The van der Waals surface area contributed by atoms with Gasteiger partial charge in [0.15, 0.2) is 12.2 Å². The van der Waals surface area contributed by atoms with E-state index >= 15 is 0 Å². The SMILES string of the molecule is CC[C@H](Oc1ccccc1)C(=O)O[C@H](C)C(=O)Nc1ccccc1C#N. The van der Waals surface area contributed by atoms with Crippen molar-refractivity contribution >= 4 is 17.6 Å². The lowest BCUT2D eigenvalue weighted by Gasteiger charge is -2.19. The minimum absolute atomic E-state index is 0.332. The highest BCUT2D eigenvalue weighted by Gasteiger charge is 2.25. The minimum Gasteiger partial charge on any atom is -0.479 e. The molecule has 0 bridgehead atoms. The molecule has 0 saturated carbocycles. The van der Waals surface area contributed by atoms with Crippen LogP contribution in [0.15, 0.2) is 54.6 Å². The van der Waals surface area contributed by atoms with Crippen LogP contribution in [-0.2, 0) is 14.3 Å². The van der Waals surface area contributed by atoms with Crippen molar-refractivity contribution in [2.45, 2.75) is 32.5 Å². The topological polar surface area (TPSA) is 88.4 Å². The molecular weight excluding hydrogens is 332 g/mol. The van der Waals surface area contributed by atoms with Gasteiger partial charge in [0.05, 0.1) is 11.3 Å². The third-order valence-corrected chi connectivity index (χ3v) is 3.62. The third-order valence-electron chi connectivity index (χ3n) is 3.62. The van der Waals surface area contributed by atoms with Crippen molar-refractivity contribution in [2.24, 2.45) is 0 Å². The molecule has 2 atom stereocenters. The van der Waals surface area contributed by atoms with Crippen LogP contribution in [0, 0.1) is 11.3 Å². The van der Waals surface area contributed by atoms with Crippen molar-refractivity contribution in [1.29, 1.82) is 5.26 Å². The maximum Gasteiger partial charge on any atom is 0.348 e. The monoisotopic (exact) mass is 352 g/mol. The molecule has 2 aromatic carbocycles. The van der Waals surface area contributed by atoms with Crippen LogP contribution in [0.3, 0.4) is 0 Å². The zero-order valence-electron chi connectivity index (χ0n) is 14.6. The lowest BCUT2D eigenvalue weighted by atomic mass is 10.2. The maximum absolute atomic E-state index is 12.3. The number of nitriles is 1.